The van der Waals surface area contributed by atoms with Gasteiger partial charge < -0.3 is 0 Å². The van der Waals surface area contributed by atoms with E-state index in [0.29, 0.717) is 5.92 Å². The smallest absolute Gasteiger partial charge is 0.0145 e. The standard InChI is InChI=1S/C6H10/c1-4-5-6(2)3/h4,6H,5H2,2-3H3. The van der Waals surface area contributed by atoms with Crippen LogP contribution < -0.4 is 0 Å². The first-order chi connectivity index (χ1) is 2.77. The Hall–Kier alpha value is -0.260. The zero-order valence-corrected chi connectivity index (χ0v) is 4.36. The van der Waals surface area contributed by atoms with Crippen molar-refractivity contribution in [2.24, 2.45) is 5.92 Å². The van der Waals surface area contributed by atoms with Gasteiger partial charge in [0.25, 0.3) is 0 Å². The minimum Gasteiger partial charge on any atom is -0.0758 e. The predicted octanol–water partition coefficient (Wildman–Crippen LogP) is 1.90. The van der Waals surface area contributed by atoms with Gasteiger partial charge in [-0.05, 0) is 18.9 Å². The molecule has 0 saturated heterocycles. The molecule has 0 aromatic carbocycles. The van der Waals surface area contributed by atoms with E-state index < -0.39 is 0 Å². The van der Waals surface area contributed by atoms with Crippen LogP contribution in [0.1, 0.15) is 20.3 Å². The Kier molecular flexibility index (Phi) is 2.82. The Bertz CT molecular complexity index is 35.3. The van der Waals surface area contributed by atoms with Crippen molar-refractivity contribution in [1.29, 1.82) is 0 Å². The average Bonchev–Trinajstić information content (AvgIpc) is 1.35. The van der Waals surface area contributed by atoms with Gasteiger partial charge in [0.05, 0.1) is 0 Å². The molecule has 0 bridgehead atoms. The molecule has 0 fully saturated rings. The molecule has 6 heavy (non-hydrogen) atoms. The maximum atomic E-state index is 6.61. The maximum absolute atomic E-state index is 6.61. The van der Waals surface area contributed by atoms with Crippen molar-refractivity contribution >= 4 is 0 Å². The second kappa shape index (κ2) is 2.95. The summed E-state index contributed by atoms with van der Waals surface area (Å²) in [6.45, 7) is 10.8. The van der Waals surface area contributed by atoms with Crippen LogP contribution >= 0.6 is 0 Å². The van der Waals surface area contributed by atoms with E-state index in [0.717, 1.165) is 6.42 Å². The SMILES string of the molecule is [C]=CCC(C)C. The van der Waals surface area contributed by atoms with Crippen LogP contribution in [-0.4, -0.2) is 0 Å². The van der Waals surface area contributed by atoms with Crippen LogP contribution in [0.3, 0.4) is 0 Å². The van der Waals surface area contributed by atoms with Crippen molar-refractivity contribution in [3.63, 3.8) is 0 Å². The Labute approximate surface area is 39.9 Å². The van der Waals surface area contributed by atoms with Gasteiger partial charge in [-0.3, -0.25) is 0 Å². The third-order valence-corrected chi connectivity index (χ3v) is 0.589. The van der Waals surface area contributed by atoms with Crippen LogP contribution in [0.2, 0.25) is 0 Å². The minimum atomic E-state index is 0.655. The summed E-state index contributed by atoms with van der Waals surface area (Å²) < 4.78 is 0. The van der Waals surface area contributed by atoms with E-state index in [9.17, 15) is 0 Å². The Morgan fingerprint density at radius 3 is 2.17 bits per heavy atom. The van der Waals surface area contributed by atoms with Crippen molar-refractivity contribution in [3.8, 4) is 0 Å². The van der Waals surface area contributed by atoms with Crippen molar-refractivity contribution in [2.45, 2.75) is 20.3 Å². The van der Waals surface area contributed by atoms with E-state index in [1.807, 2.05) is 0 Å². The number of hydrogen-bond acceptors (Lipinski definition) is 0. The summed E-state index contributed by atoms with van der Waals surface area (Å²) in [5, 5.41) is 0. The van der Waals surface area contributed by atoms with E-state index in [1.165, 1.54) is 6.08 Å². The number of hydrogen-bond donors (Lipinski definition) is 0. The highest BCUT2D eigenvalue weighted by atomic mass is 13.9. The Morgan fingerprint density at radius 2 is 2.17 bits per heavy atom. The van der Waals surface area contributed by atoms with Gasteiger partial charge in [-0.2, -0.15) is 0 Å². The molecule has 0 aliphatic carbocycles. The molecule has 34 valence electrons. The summed E-state index contributed by atoms with van der Waals surface area (Å²) >= 11 is 0. The Morgan fingerprint density at radius 1 is 1.67 bits per heavy atom. The van der Waals surface area contributed by atoms with E-state index >= 15 is 0 Å². The van der Waals surface area contributed by atoms with Crippen LogP contribution in [0.25, 0.3) is 0 Å². The van der Waals surface area contributed by atoms with Crippen LogP contribution in [0.4, 0.5) is 0 Å². The lowest BCUT2D eigenvalue weighted by atomic mass is 10.1. The lowest BCUT2D eigenvalue weighted by molar-refractivity contribution is 0.664. The van der Waals surface area contributed by atoms with Crippen LogP contribution in [0.15, 0.2) is 6.08 Å². The van der Waals surface area contributed by atoms with Crippen molar-refractivity contribution in [1.82, 2.24) is 0 Å². The van der Waals surface area contributed by atoms with Crippen molar-refractivity contribution in [3.05, 3.63) is 12.7 Å². The van der Waals surface area contributed by atoms with Crippen molar-refractivity contribution in [2.75, 3.05) is 0 Å². The molecule has 0 rings (SSSR count). The summed E-state index contributed by atoms with van der Waals surface area (Å²) in [7, 11) is 0. The molecule has 2 radical (unpaired) electrons. The first-order valence-electron chi connectivity index (χ1n) is 2.26. The lowest BCUT2D eigenvalue weighted by Gasteiger charge is -1.92. The highest BCUT2D eigenvalue weighted by molar-refractivity contribution is 4.63. The van der Waals surface area contributed by atoms with E-state index in [2.05, 4.69) is 13.8 Å². The fourth-order valence-electron chi connectivity index (χ4n) is 0.236. The molecule has 0 unspecified atom stereocenters. The highest BCUT2D eigenvalue weighted by Crippen LogP contribution is 1.96. The maximum Gasteiger partial charge on any atom is -0.0145 e. The van der Waals surface area contributed by atoms with Gasteiger partial charge in [-0.25, -0.2) is 0 Å². The van der Waals surface area contributed by atoms with Gasteiger partial charge in [0.15, 0.2) is 0 Å². The Balaban J connectivity index is 2.81. The summed E-state index contributed by atoms with van der Waals surface area (Å²) in [6, 6.07) is 0. The van der Waals surface area contributed by atoms with Crippen LogP contribution in [0.5, 0.6) is 0 Å². The van der Waals surface area contributed by atoms with E-state index in [4.69, 9.17) is 6.58 Å². The van der Waals surface area contributed by atoms with Crippen LogP contribution in [-0.2, 0) is 0 Å². The number of allylic oxidation sites excluding steroid dienone is 1. The molecule has 0 saturated carbocycles. The minimum absolute atomic E-state index is 0.655. The first-order valence-corrected chi connectivity index (χ1v) is 2.26. The normalized spacial score (nSPS) is 9.17. The van der Waals surface area contributed by atoms with Crippen molar-refractivity contribution < 1.29 is 0 Å². The molecule has 0 heterocycles. The van der Waals surface area contributed by atoms with Gasteiger partial charge in [0.1, 0.15) is 0 Å². The number of rotatable bonds is 2. The van der Waals surface area contributed by atoms with Gasteiger partial charge in [0, 0.05) is 0 Å². The van der Waals surface area contributed by atoms with Gasteiger partial charge in [0.2, 0.25) is 0 Å². The molecule has 0 heteroatoms. The first kappa shape index (κ1) is 5.74. The molecule has 0 amide bonds. The second-order valence-electron chi connectivity index (χ2n) is 1.83. The monoisotopic (exact) mass is 82.1 g/mol. The molecule has 0 aliphatic rings. The largest absolute Gasteiger partial charge is 0.0758 e. The second-order valence-corrected chi connectivity index (χ2v) is 1.83. The molecule has 0 spiro atoms. The molecule has 0 atom stereocenters. The van der Waals surface area contributed by atoms with E-state index in [-0.39, 0.29) is 0 Å². The molecule has 0 aromatic rings. The summed E-state index contributed by atoms with van der Waals surface area (Å²) in [6.07, 6.45) is 2.37. The molecule has 0 aliphatic heterocycles. The highest BCUT2D eigenvalue weighted by Gasteiger charge is 1.83. The molecule has 0 nitrogen and oxygen atoms in total. The topological polar surface area (TPSA) is 0 Å². The molecular formula is C6H10. The summed E-state index contributed by atoms with van der Waals surface area (Å²) in [4.78, 5) is 0. The lowest BCUT2D eigenvalue weighted by Crippen LogP contribution is -1.79. The molecule has 0 N–H and O–H groups in total. The van der Waals surface area contributed by atoms with Gasteiger partial charge in [-0.1, -0.05) is 19.9 Å². The quantitative estimate of drug-likeness (QED) is 0.477. The average molecular weight is 82.1 g/mol. The predicted molar refractivity (Wildman–Crippen MR) is 27.3 cm³/mol. The summed E-state index contributed by atoms with van der Waals surface area (Å²) in [5.41, 5.74) is 0. The summed E-state index contributed by atoms with van der Waals surface area (Å²) in [5.74, 6) is 0.655. The fourth-order valence-corrected chi connectivity index (χ4v) is 0.236. The van der Waals surface area contributed by atoms with Gasteiger partial charge >= 0.3 is 0 Å². The van der Waals surface area contributed by atoms with E-state index in [1.54, 1.807) is 0 Å². The van der Waals surface area contributed by atoms with Gasteiger partial charge in [-0.15, -0.1) is 0 Å². The fraction of sp³-hybridized carbons (Fsp3) is 0.667. The zero-order chi connectivity index (χ0) is 4.99. The molecule has 0 aromatic heterocycles. The molecular weight excluding hydrogens is 72.1 g/mol. The van der Waals surface area contributed by atoms with Crippen LogP contribution in [0, 0.1) is 12.5 Å². The third kappa shape index (κ3) is 3.74. The third-order valence-electron chi connectivity index (χ3n) is 0.589. The zero-order valence-electron chi connectivity index (χ0n) is 4.36.